The van der Waals surface area contributed by atoms with Crippen molar-refractivity contribution in [2.75, 3.05) is 26.4 Å². The number of carbonyl (C=O) groups excluding carboxylic acids is 2. The monoisotopic (exact) mass is 1340 g/mol. The van der Waals surface area contributed by atoms with Crippen LogP contribution in [-0.2, 0) is 32.7 Å². The minimum atomic E-state index is -4.39. The van der Waals surface area contributed by atoms with Crippen LogP contribution in [0.3, 0.4) is 0 Å². The number of unbranched alkanes of at least 4 members (excludes halogenated alkanes) is 59. The third-order valence-corrected chi connectivity index (χ3v) is 20.0. The van der Waals surface area contributed by atoms with Gasteiger partial charge in [-0.25, -0.2) is 4.57 Å². The van der Waals surface area contributed by atoms with Crippen molar-refractivity contribution in [2.24, 2.45) is 5.73 Å². The molecule has 554 valence electrons. The maximum Gasteiger partial charge on any atom is 0.472 e. The molecule has 0 aliphatic heterocycles. The van der Waals surface area contributed by atoms with Crippen molar-refractivity contribution in [3.63, 3.8) is 0 Å². The number of hydrogen-bond donors (Lipinski definition) is 2. The summed E-state index contributed by atoms with van der Waals surface area (Å²) in [6, 6.07) is 0. The quantitative estimate of drug-likeness (QED) is 0.0264. The molecule has 0 aliphatic rings. The summed E-state index contributed by atoms with van der Waals surface area (Å²) < 4.78 is 33.3. The molecule has 0 rings (SSSR count). The smallest absolute Gasteiger partial charge is 0.462 e. The predicted octanol–water partition coefficient (Wildman–Crippen LogP) is 27.9. The fraction of sp³-hybridized carbons (Fsp3) is 0.881. The average molecular weight is 1340 g/mol. The molecule has 10 heteroatoms. The van der Waals surface area contributed by atoms with Crippen molar-refractivity contribution in [2.45, 2.75) is 450 Å². The largest absolute Gasteiger partial charge is 0.472 e. The number of rotatable bonds is 80. The molecule has 0 heterocycles. The molecule has 0 aromatic rings. The fourth-order valence-corrected chi connectivity index (χ4v) is 13.6. The van der Waals surface area contributed by atoms with Gasteiger partial charge in [0.2, 0.25) is 0 Å². The predicted molar refractivity (Wildman–Crippen MR) is 409 cm³/mol. The van der Waals surface area contributed by atoms with E-state index in [0.717, 1.165) is 57.8 Å². The molecule has 2 unspecified atom stereocenters. The standard InChI is InChI=1S/C84H160NO8P/c1-3-5-7-9-11-13-15-17-19-21-23-25-27-29-31-33-35-37-39-40-41-43-44-46-48-50-52-54-56-58-60-62-64-66-68-70-72-74-76-83(86)90-80-82(81-92-94(88,89)91-79-78-85)93-84(87)77-75-73-71-69-67-65-63-61-59-57-55-53-51-49-47-45-42-38-36-34-32-30-28-26-24-22-20-18-16-14-12-10-8-6-4-2/h6,8,12,14,18,20,24,26,82H,3-5,7,9-11,13,15-17,19,21-23,25,27-81,85H2,1-2H3,(H,88,89)/b8-6-,14-12-,20-18-,26-24-. The molecule has 3 N–H and O–H groups in total. The van der Waals surface area contributed by atoms with Crippen LogP contribution < -0.4 is 5.73 Å². The maximum atomic E-state index is 12.8. The second-order valence-electron chi connectivity index (χ2n) is 28.3. The third kappa shape index (κ3) is 79.0. The van der Waals surface area contributed by atoms with Gasteiger partial charge in [-0.05, 0) is 51.4 Å². The van der Waals surface area contributed by atoms with Crippen molar-refractivity contribution >= 4 is 19.8 Å². The zero-order chi connectivity index (χ0) is 67.9. The van der Waals surface area contributed by atoms with Crippen LogP contribution in [-0.4, -0.2) is 49.3 Å². The van der Waals surface area contributed by atoms with Gasteiger partial charge in [-0.3, -0.25) is 18.6 Å². The molecule has 2 atom stereocenters. The molecular weight excluding hydrogens is 1180 g/mol. The summed E-state index contributed by atoms with van der Waals surface area (Å²) in [6.45, 7) is 3.72. The van der Waals surface area contributed by atoms with Crippen molar-refractivity contribution < 1.29 is 37.6 Å². The summed E-state index contributed by atoms with van der Waals surface area (Å²) in [4.78, 5) is 35.5. The Labute approximate surface area is 585 Å². The van der Waals surface area contributed by atoms with Gasteiger partial charge in [0, 0.05) is 19.4 Å². The van der Waals surface area contributed by atoms with Gasteiger partial charge in [0.25, 0.3) is 0 Å². The molecule has 0 bridgehead atoms. The van der Waals surface area contributed by atoms with E-state index in [9.17, 15) is 19.0 Å². The first-order valence-electron chi connectivity index (χ1n) is 41.6. The van der Waals surface area contributed by atoms with Gasteiger partial charge in [-0.2, -0.15) is 0 Å². The molecular formula is C84H160NO8P. The van der Waals surface area contributed by atoms with E-state index in [1.54, 1.807) is 0 Å². The summed E-state index contributed by atoms with van der Waals surface area (Å²) in [5.74, 6) is -0.800. The lowest BCUT2D eigenvalue weighted by Crippen LogP contribution is -2.29. The van der Waals surface area contributed by atoms with Gasteiger partial charge in [0.05, 0.1) is 13.2 Å². The number of phosphoric ester groups is 1. The van der Waals surface area contributed by atoms with Crippen molar-refractivity contribution in [1.29, 1.82) is 0 Å². The number of phosphoric acid groups is 1. The molecule has 0 amide bonds. The van der Waals surface area contributed by atoms with Crippen LogP contribution in [0, 0.1) is 0 Å². The Morgan fingerprint density at radius 1 is 0.330 bits per heavy atom. The fourth-order valence-electron chi connectivity index (χ4n) is 12.9. The molecule has 94 heavy (non-hydrogen) atoms. The average Bonchev–Trinajstić information content (AvgIpc) is 3.26. The van der Waals surface area contributed by atoms with Gasteiger partial charge >= 0.3 is 19.8 Å². The van der Waals surface area contributed by atoms with E-state index >= 15 is 0 Å². The van der Waals surface area contributed by atoms with Crippen LogP contribution >= 0.6 is 7.82 Å². The first-order valence-corrected chi connectivity index (χ1v) is 43.1. The van der Waals surface area contributed by atoms with Crippen molar-refractivity contribution in [3.05, 3.63) is 48.6 Å². The number of esters is 2. The van der Waals surface area contributed by atoms with Crippen LogP contribution in [0.2, 0.25) is 0 Å². The van der Waals surface area contributed by atoms with Crippen molar-refractivity contribution in [1.82, 2.24) is 0 Å². The normalized spacial score (nSPS) is 13.0. The Morgan fingerprint density at radius 3 is 0.872 bits per heavy atom. The SMILES string of the molecule is CC/C=C\C/C=C\C/C=C\C/C=C\CCCCCCCCCCCCCCCCCCCCCCCCC(=O)OC(COC(=O)CCCCCCCCCCCCCCCCCCCCCCCCCCCCCCCCCCCCCCCC)COP(=O)(O)OCCN. The molecule has 0 aromatic heterocycles. The minimum Gasteiger partial charge on any atom is -0.462 e. The second-order valence-corrected chi connectivity index (χ2v) is 29.8. The van der Waals surface area contributed by atoms with Crippen LogP contribution in [0.4, 0.5) is 0 Å². The van der Waals surface area contributed by atoms with Crippen LogP contribution in [0.1, 0.15) is 444 Å². The Balaban J connectivity index is 3.72. The van der Waals surface area contributed by atoms with E-state index < -0.39 is 26.5 Å². The summed E-state index contributed by atoms with van der Waals surface area (Å²) in [7, 11) is -4.39. The van der Waals surface area contributed by atoms with E-state index in [0.29, 0.717) is 6.42 Å². The van der Waals surface area contributed by atoms with Crippen LogP contribution in [0.25, 0.3) is 0 Å². The molecule has 0 spiro atoms. The van der Waals surface area contributed by atoms with E-state index in [-0.39, 0.29) is 38.6 Å². The summed E-state index contributed by atoms with van der Waals surface area (Å²) in [6.07, 6.45) is 104. The lowest BCUT2D eigenvalue weighted by molar-refractivity contribution is -0.161. The maximum absolute atomic E-state index is 12.8. The third-order valence-electron chi connectivity index (χ3n) is 19.0. The zero-order valence-electron chi connectivity index (χ0n) is 62.7. The highest BCUT2D eigenvalue weighted by Gasteiger charge is 2.26. The Hall–Kier alpha value is -2.03. The Morgan fingerprint density at radius 2 is 0.585 bits per heavy atom. The first-order chi connectivity index (χ1) is 46.3. The molecule has 0 radical (unpaired) electrons. The van der Waals surface area contributed by atoms with E-state index in [1.165, 1.54) is 353 Å². The number of nitrogens with two attached hydrogens (primary N) is 1. The molecule has 0 saturated heterocycles. The Kier molecular flexibility index (Phi) is 78.2. The molecule has 0 saturated carbocycles. The van der Waals surface area contributed by atoms with Gasteiger partial charge in [-0.1, -0.05) is 428 Å². The highest BCUT2D eigenvalue weighted by atomic mass is 31.2. The van der Waals surface area contributed by atoms with E-state index in [2.05, 4.69) is 62.5 Å². The van der Waals surface area contributed by atoms with Gasteiger partial charge in [0.15, 0.2) is 6.10 Å². The zero-order valence-corrected chi connectivity index (χ0v) is 63.6. The van der Waals surface area contributed by atoms with Crippen LogP contribution in [0.15, 0.2) is 48.6 Å². The molecule has 0 fully saturated rings. The molecule has 0 aliphatic carbocycles. The van der Waals surface area contributed by atoms with Gasteiger partial charge in [-0.15, -0.1) is 0 Å². The lowest BCUT2D eigenvalue weighted by Gasteiger charge is -2.19. The molecule has 9 nitrogen and oxygen atoms in total. The van der Waals surface area contributed by atoms with Gasteiger partial charge in [0.1, 0.15) is 6.61 Å². The van der Waals surface area contributed by atoms with Crippen molar-refractivity contribution in [3.8, 4) is 0 Å². The summed E-state index contributed by atoms with van der Waals surface area (Å²) in [5, 5.41) is 0. The molecule has 0 aromatic carbocycles. The summed E-state index contributed by atoms with van der Waals surface area (Å²) in [5.41, 5.74) is 5.42. The highest BCUT2D eigenvalue weighted by molar-refractivity contribution is 7.47. The second kappa shape index (κ2) is 80.0. The van der Waals surface area contributed by atoms with E-state index in [4.69, 9.17) is 24.3 Å². The van der Waals surface area contributed by atoms with E-state index in [1.807, 2.05) is 0 Å². The van der Waals surface area contributed by atoms with Crippen LogP contribution in [0.5, 0.6) is 0 Å². The highest BCUT2D eigenvalue weighted by Crippen LogP contribution is 2.43. The number of allylic oxidation sites excluding steroid dienone is 8. The topological polar surface area (TPSA) is 134 Å². The Bertz CT molecular complexity index is 1680. The van der Waals surface area contributed by atoms with Gasteiger partial charge < -0.3 is 20.1 Å². The minimum absolute atomic E-state index is 0.0563. The number of ether oxygens (including phenoxy) is 2. The first kappa shape index (κ1) is 92.0. The number of carbonyl (C=O) groups is 2. The summed E-state index contributed by atoms with van der Waals surface area (Å²) >= 11 is 0. The number of hydrogen-bond acceptors (Lipinski definition) is 8. The lowest BCUT2D eigenvalue weighted by atomic mass is 10.0.